The van der Waals surface area contributed by atoms with Crippen molar-refractivity contribution in [2.24, 2.45) is 0 Å². The van der Waals surface area contributed by atoms with Crippen LogP contribution in [0.25, 0.3) is 0 Å². The average Bonchev–Trinajstić information content (AvgIpc) is 2.91. The Balaban J connectivity index is 2.53. The van der Waals surface area contributed by atoms with Crippen molar-refractivity contribution >= 4 is 23.9 Å². The molecule has 1 saturated heterocycles. The lowest BCUT2D eigenvalue weighted by Crippen LogP contribution is -2.54. The number of carbonyl (C=O) groups excluding carboxylic acids is 4. The maximum atomic E-state index is 11.6. The first-order valence-corrected chi connectivity index (χ1v) is 12.9. The van der Waals surface area contributed by atoms with Crippen LogP contribution in [-0.2, 0) is 38.1 Å². The highest BCUT2D eigenvalue weighted by Crippen LogP contribution is 2.11. The molecule has 1 heterocycles. The third-order valence-corrected chi connectivity index (χ3v) is 6.72. The van der Waals surface area contributed by atoms with E-state index in [1.165, 1.54) is 28.4 Å². The lowest BCUT2D eigenvalue weighted by Gasteiger charge is -2.41. The van der Waals surface area contributed by atoms with Crippen LogP contribution in [0, 0.1) is 0 Å². The number of piperazine rings is 1. The van der Waals surface area contributed by atoms with E-state index in [1.807, 2.05) is 0 Å². The van der Waals surface area contributed by atoms with Crippen LogP contribution in [0.4, 0.5) is 0 Å². The number of hydrogen-bond acceptors (Lipinski definition) is 12. The van der Waals surface area contributed by atoms with Gasteiger partial charge in [-0.25, -0.2) is 0 Å². The summed E-state index contributed by atoms with van der Waals surface area (Å²) in [6.45, 7) is 10.2. The van der Waals surface area contributed by atoms with Gasteiger partial charge in [-0.3, -0.25) is 29.0 Å². The minimum Gasteiger partial charge on any atom is -0.469 e. The third kappa shape index (κ3) is 14.3. The van der Waals surface area contributed by atoms with E-state index in [0.717, 1.165) is 45.8 Å². The van der Waals surface area contributed by atoms with Gasteiger partial charge in [0.05, 0.1) is 54.1 Å². The Kier molecular flexibility index (Phi) is 16.7. The van der Waals surface area contributed by atoms with E-state index in [4.69, 9.17) is 18.9 Å². The molecule has 12 nitrogen and oxygen atoms in total. The Morgan fingerprint density at radius 3 is 1.35 bits per heavy atom. The van der Waals surface area contributed by atoms with Gasteiger partial charge in [0.1, 0.15) is 0 Å². The van der Waals surface area contributed by atoms with Crippen LogP contribution >= 0.6 is 0 Å². The maximum absolute atomic E-state index is 11.6. The summed E-state index contributed by atoms with van der Waals surface area (Å²) in [5.41, 5.74) is 0. The van der Waals surface area contributed by atoms with E-state index in [0.29, 0.717) is 32.2 Å². The summed E-state index contributed by atoms with van der Waals surface area (Å²) in [7, 11) is 5.50. The molecule has 12 heteroatoms. The van der Waals surface area contributed by atoms with Crippen molar-refractivity contribution in [1.82, 2.24) is 19.6 Å². The molecule has 37 heavy (non-hydrogen) atoms. The van der Waals surface area contributed by atoms with E-state index in [1.54, 1.807) is 0 Å². The van der Waals surface area contributed by atoms with Crippen molar-refractivity contribution in [3.63, 3.8) is 0 Å². The number of esters is 4. The summed E-state index contributed by atoms with van der Waals surface area (Å²) in [6.07, 6.45) is 1.13. The number of carbonyl (C=O) groups is 4. The van der Waals surface area contributed by atoms with Crippen LogP contribution < -0.4 is 0 Å². The van der Waals surface area contributed by atoms with Crippen molar-refractivity contribution in [3.05, 3.63) is 0 Å². The van der Waals surface area contributed by atoms with Crippen LogP contribution in [0.2, 0.25) is 0 Å². The number of rotatable bonds is 18. The summed E-state index contributed by atoms with van der Waals surface area (Å²) in [6, 6.07) is 0.343. The molecule has 0 aromatic heterocycles. The number of nitrogens with zero attached hydrogens (tertiary/aromatic N) is 4. The van der Waals surface area contributed by atoms with Crippen LogP contribution in [-0.4, -0.2) is 150 Å². The second-order valence-electron chi connectivity index (χ2n) is 9.17. The Morgan fingerprint density at radius 1 is 0.622 bits per heavy atom. The summed E-state index contributed by atoms with van der Waals surface area (Å²) >= 11 is 0. The van der Waals surface area contributed by atoms with Gasteiger partial charge in [0.15, 0.2) is 0 Å². The normalized spacial score (nSPS) is 16.6. The van der Waals surface area contributed by atoms with Gasteiger partial charge in [-0.15, -0.1) is 0 Å². The predicted octanol–water partition coefficient (Wildman–Crippen LogP) is -0.151. The quantitative estimate of drug-likeness (QED) is 0.173. The molecule has 0 unspecified atom stereocenters. The van der Waals surface area contributed by atoms with Crippen LogP contribution in [0.3, 0.4) is 0 Å². The average molecular weight is 531 g/mol. The lowest BCUT2D eigenvalue weighted by molar-refractivity contribution is -0.143. The minimum absolute atomic E-state index is 0.266. The molecule has 1 aliphatic rings. The summed E-state index contributed by atoms with van der Waals surface area (Å²) < 4.78 is 19.0. The number of hydrogen-bond donors (Lipinski definition) is 0. The van der Waals surface area contributed by atoms with Gasteiger partial charge >= 0.3 is 23.9 Å². The summed E-state index contributed by atoms with van der Waals surface area (Å²) in [5.74, 6) is -1.07. The van der Waals surface area contributed by atoms with E-state index in [9.17, 15) is 19.2 Å². The zero-order valence-electron chi connectivity index (χ0n) is 23.2. The monoisotopic (exact) mass is 530 g/mol. The first kappa shape index (κ1) is 32.7. The standard InChI is InChI=1S/C25H46N4O8/c1-21-20-28(15-14-26(10-6-22(30)34-2)11-7-23(31)35-3)17-19-29(21)18-16-27(12-8-24(32)36-4)13-9-25(33)37-5/h21H,6-20H2,1-5H3/t21-/m1/s1. The fourth-order valence-electron chi connectivity index (χ4n) is 4.24. The van der Waals surface area contributed by atoms with Crippen molar-refractivity contribution in [2.45, 2.75) is 38.6 Å². The van der Waals surface area contributed by atoms with E-state index in [2.05, 4.69) is 26.5 Å². The largest absolute Gasteiger partial charge is 0.469 e. The molecule has 0 saturated carbocycles. The topological polar surface area (TPSA) is 118 Å². The zero-order valence-corrected chi connectivity index (χ0v) is 23.2. The highest BCUT2D eigenvalue weighted by molar-refractivity contribution is 5.70. The highest BCUT2D eigenvalue weighted by atomic mass is 16.5. The van der Waals surface area contributed by atoms with Gasteiger partial charge in [0, 0.05) is 78.0 Å². The second kappa shape index (κ2) is 18.9. The van der Waals surface area contributed by atoms with Crippen molar-refractivity contribution in [3.8, 4) is 0 Å². The molecular weight excluding hydrogens is 484 g/mol. The molecule has 0 amide bonds. The van der Waals surface area contributed by atoms with E-state index >= 15 is 0 Å². The maximum Gasteiger partial charge on any atom is 0.306 e. The Bertz CT molecular complexity index is 668. The molecule has 0 radical (unpaired) electrons. The fraction of sp³-hybridized carbons (Fsp3) is 0.840. The molecule has 0 N–H and O–H groups in total. The Labute approximate surface area is 221 Å². The van der Waals surface area contributed by atoms with Gasteiger partial charge in [-0.2, -0.15) is 0 Å². The van der Waals surface area contributed by atoms with Gasteiger partial charge in [0.2, 0.25) is 0 Å². The van der Waals surface area contributed by atoms with Crippen LogP contribution in [0.1, 0.15) is 32.6 Å². The zero-order chi connectivity index (χ0) is 27.6. The smallest absolute Gasteiger partial charge is 0.306 e. The minimum atomic E-state index is -0.266. The van der Waals surface area contributed by atoms with Gasteiger partial charge in [-0.05, 0) is 6.92 Å². The molecule has 1 aliphatic heterocycles. The van der Waals surface area contributed by atoms with E-state index < -0.39 is 0 Å². The molecular formula is C25H46N4O8. The summed E-state index contributed by atoms with van der Waals surface area (Å²) in [4.78, 5) is 55.4. The first-order valence-electron chi connectivity index (χ1n) is 12.9. The Hall–Kier alpha value is -2.28. The molecule has 214 valence electrons. The third-order valence-electron chi connectivity index (χ3n) is 6.72. The molecule has 1 atom stereocenters. The molecule has 0 aromatic carbocycles. The molecule has 0 bridgehead atoms. The van der Waals surface area contributed by atoms with E-state index in [-0.39, 0.29) is 49.6 Å². The van der Waals surface area contributed by atoms with Crippen LogP contribution in [0.5, 0.6) is 0 Å². The fourth-order valence-corrected chi connectivity index (χ4v) is 4.24. The SMILES string of the molecule is COC(=O)CCN(CCC(=O)OC)CCN1CCN(CCN(CCC(=O)OC)CCC(=O)OC)[C@H](C)C1. The van der Waals surface area contributed by atoms with Crippen molar-refractivity contribution in [2.75, 3.05) is 100 Å². The number of methoxy groups -OCH3 is 4. The van der Waals surface area contributed by atoms with Gasteiger partial charge in [0.25, 0.3) is 0 Å². The molecule has 0 spiro atoms. The van der Waals surface area contributed by atoms with Gasteiger partial charge in [-0.1, -0.05) is 0 Å². The van der Waals surface area contributed by atoms with Crippen molar-refractivity contribution < 1.29 is 38.1 Å². The van der Waals surface area contributed by atoms with Crippen LogP contribution in [0.15, 0.2) is 0 Å². The van der Waals surface area contributed by atoms with Crippen molar-refractivity contribution in [1.29, 1.82) is 0 Å². The first-order chi connectivity index (χ1) is 17.7. The van der Waals surface area contributed by atoms with Gasteiger partial charge < -0.3 is 28.7 Å². The molecule has 0 aromatic rings. The molecule has 1 fully saturated rings. The highest BCUT2D eigenvalue weighted by Gasteiger charge is 2.24. The predicted molar refractivity (Wildman–Crippen MR) is 137 cm³/mol. The summed E-state index contributed by atoms with van der Waals surface area (Å²) in [5, 5.41) is 0. The Morgan fingerprint density at radius 2 is 1.00 bits per heavy atom. The number of ether oxygens (including phenoxy) is 4. The molecule has 1 rings (SSSR count). The second-order valence-corrected chi connectivity index (χ2v) is 9.17. The molecule has 0 aliphatic carbocycles. The lowest BCUT2D eigenvalue weighted by atomic mass is 10.2.